The standard InChI is InChI=1S/C11H17N5/c1-16-8-15-10-9(16)4-7-14-11(10)13-6-3-2-5-12/h4,7-8H,2-3,5-6,12H2,1H3,(H,13,14). The summed E-state index contributed by atoms with van der Waals surface area (Å²) in [6.07, 6.45) is 5.69. The Morgan fingerprint density at radius 2 is 2.25 bits per heavy atom. The maximum Gasteiger partial charge on any atom is 0.154 e. The monoisotopic (exact) mass is 219 g/mol. The normalized spacial score (nSPS) is 10.9. The van der Waals surface area contributed by atoms with Crippen molar-refractivity contribution >= 4 is 16.9 Å². The van der Waals surface area contributed by atoms with Crippen molar-refractivity contribution in [1.29, 1.82) is 0 Å². The van der Waals surface area contributed by atoms with Crippen molar-refractivity contribution in [3.05, 3.63) is 18.6 Å². The molecule has 5 nitrogen and oxygen atoms in total. The van der Waals surface area contributed by atoms with Crippen molar-refractivity contribution in [3.8, 4) is 0 Å². The van der Waals surface area contributed by atoms with Gasteiger partial charge in [-0.15, -0.1) is 0 Å². The Morgan fingerprint density at radius 1 is 1.38 bits per heavy atom. The van der Waals surface area contributed by atoms with Crippen molar-refractivity contribution in [1.82, 2.24) is 14.5 Å². The molecule has 0 aromatic carbocycles. The van der Waals surface area contributed by atoms with E-state index in [1.807, 2.05) is 17.7 Å². The van der Waals surface area contributed by atoms with E-state index >= 15 is 0 Å². The molecule has 0 saturated carbocycles. The summed E-state index contributed by atoms with van der Waals surface area (Å²) in [5.74, 6) is 0.857. The molecular weight excluding hydrogens is 202 g/mol. The van der Waals surface area contributed by atoms with Crippen molar-refractivity contribution < 1.29 is 0 Å². The van der Waals surface area contributed by atoms with E-state index in [9.17, 15) is 0 Å². The van der Waals surface area contributed by atoms with Crippen LogP contribution in [0, 0.1) is 0 Å². The first-order valence-electron chi connectivity index (χ1n) is 5.53. The largest absolute Gasteiger partial charge is 0.368 e. The number of aromatic nitrogens is 3. The van der Waals surface area contributed by atoms with Crippen LogP contribution in [0.3, 0.4) is 0 Å². The second-order valence-corrected chi connectivity index (χ2v) is 3.81. The smallest absolute Gasteiger partial charge is 0.154 e. The van der Waals surface area contributed by atoms with Crippen LogP contribution >= 0.6 is 0 Å². The summed E-state index contributed by atoms with van der Waals surface area (Å²) in [7, 11) is 1.98. The predicted octanol–water partition coefficient (Wildman–Crippen LogP) is 1.12. The molecule has 86 valence electrons. The molecule has 0 aliphatic heterocycles. The lowest BCUT2D eigenvalue weighted by molar-refractivity contribution is 0.773. The molecule has 3 N–H and O–H groups in total. The van der Waals surface area contributed by atoms with Crippen LogP contribution in [-0.2, 0) is 7.05 Å². The van der Waals surface area contributed by atoms with E-state index in [1.165, 1.54) is 0 Å². The third-order valence-corrected chi connectivity index (χ3v) is 2.57. The van der Waals surface area contributed by atoms with Crippen molar-refractivity contribution in [3.63, 3.8) is 0 Å². The van der Waals surface area contributed by atoms with Gasteiger partial charge in [0.15, 0.2) is 5.82 Å². The minimum atomic E-state index is 0.739. The molecule has 2 rings (SSSR count). The van der Waals surface area contributed by atoms with Gasteiger partial charge in [0.05, 0.1) is 11.8 Å². The molecule has 0 unspecified atom stereocenters. The zero-order valence-corrected chi connectivity index (χ0v) is 9.48. The molecule has 16 heavy (non-hydrogen) atoms. The van der Waals surface area contributed by atoms with Gasteiger partial charge in [-0.05, 0) is 25.5 Å². The number of hydrogen-bond acceptors (Lipinski definition) is 4. The van der Waals surface area contributed by atoms with Crippen LogP contribution in [0.15, 0.2) is 18.6 Å². The third-order valence-electron chi connectivity index (χ3n) is 2.57. The Balaban J connectivity index is 2.11. The van der Waals surface area contributed by atoms with Crippen LogP contribution in [-0.4, -0.2) is 27.6 Å². The summed E-state index contributed by atoms with van der Waals surface area (Å²) < 4.78 is 1.99. The quantitative estimate of drug-likeness (QED) is 0.739. The molecule has 2 heterocycles. The van der Waals surface area contributed by atoms with Gasteiger partial charge in [-0.2, -0.15) is 0 Å². The summed E-state index contributed by atoms with van der Waals surface area (Å²) in [5.41, 5.74) is 7.47. The van der Waals surface area contributed by atoms with Crippen LogP contribution < -0.4 is 11.1 Å². The summed E-state index contributed by atoms with van der Waals surface area (Å²) >= 11 is 0. The molecule has 0 bridgehead atoms. The summed E-state index contributed by atoms with van der Waals surface area (Å²) in [4.78, 5) is 8.63. The van der Waals surface area contributed by atoms with Gasteiger partial charge in [-0.3, -0.25) is 0 Å². The Morgan fingerprint density at radius 3 is 3.06 bits per heavy atom. The van der Waals surface area contributed by atoms with Gasteiger partial charge in [-0.1, -0.05) is 0 Å². The number of unbranched alkanes of at least 4 members (excludes halogenated alkanes) is 1. The molecular formula is C11H17N5. The fraction of sp³-hybridized carbons (Fsp3) is 0.455. The van der Waals surface area contributed by atoms with E-state index < -0.39 is 0 Å². The maximum atomic E-state index is 5.44. The second kappa shape index (κ2) is 4.94. The first-order chi connectivity index (χ1) is 7.83. The van der Waals surface area contributed by atoms with Gasteiger partial charge in [0.1, 0.15) is 5.52 Å². The van der Waals surface area contributed by atoms with Crippen LogP contribution in [0.4, 0.5) is 5.82 Å². The van der Waals surface area contributed by atoms with Crippen LogP contribution in [0.25, 0.3) is 11.0 Å². The van der Waals surface area contributed by atoms with Gasteiger partial charge >= 0.3 is 0 Å². The summed E-state index contributed by atoms with van der Waals surface area (Å²) in [5, 5.41) is 3.29. The average Bonchev–Trinajstić information content (AvgIpc) is 2.68. The maximum absolute atomic E-state index is 5.44. The van der Waals surface area contributed by atoms with E-state index in [0.717, 1.165) is 42.8 Å². The molecule has 0 atom stereocenters. The number of nitrogens with zero attached hydrogens (tertiary/aromatic N) is 3. The molecule has 0 aliphatic rings. The topological polar surface area (TPSA) is 68.8 Å². The number of nitrogens with one attached hydrogen (secondary N) is 1. The predicted molar refractivity (Wildman–Crippen MR) is 65.3 cm³/mol. The Kier molecular flexibility index (Phi) is 3.36. The second-order valence-electron chi connectivity index (χ2n) is 3.81. The van der Waals surface area contributed by atoms with Gasteiger partial charge in [0, 0.05) is 19.8 Å². The zero-order chi connectivity index (χ0) is 11.4. The highest BCUT2D eigenvalue weighted by Gasteiger charge is 2.05. The van der Waals surface area contributed by atoms with Crippen LogP contribution in [0.2, 0.25) is 0 Å². The van der Waals surface area contributed by atoms with Gasteiger partial charge in [0.25, 0.3) is 0 Å². The summed E-state index contributed by atoms with van der Waals surface area (Å²) in [6, 6.07) is 1.97. The molecule has 2 aromatic rings. The number of rotatable bonds is 5. The number of aryl methyl sites for hydroxylation is 1. The van der Waals surface area contributed by atoms with E-state index in [2.05, 4.69) is 15.3 Å². The number of hydrogen-bond donors (Lipinski definition) is 2. The molecule has 0 saturated heterocycles. The minimum absolute atomic E-state index is 0.739. The van der Waals surface area contributed by atoms with Gasteiger partial charge in [-0.25, -0.2) is 9.97 Å². The number of fused-ring (bicyclic) bond motifs is 1. The number of imidazole rings is 1. The molecule has 5 heteroatoms. The fourth-order valence-electron chi connectivity index (χ4n) is 1.67. The Labute approximate surface area is 94.7 Å². The molecule has 2 aromatic heterocycles. The minimum Gasteiger partial charge on any atom is -0.368 e. The Hall–Kier alpha value is -1.62. The van der Waals surface area contributed by atoms with Crippen molar-refractivity contribution in [2.24, 2.45) is 12.8 Å². The van der Waals surface area contributed by atoms with Gasteiger partial charge in [0.2, 0.25) is 0 Å². The highest BCUT2D eigenvalue weighted by molar-refractivity contribution is 5.85. The molecule has 0 spiro atoms. The fourth-order valence-corrected chi connectivity index (χ4v) is 1.67. The molecule has 0 radical (unpaired) electrons. The first kappa shape index (κ1) is 10.9. The highest BCUT2D eigenvalue weighted by atomic mass is 15.1. The van der Waals surface area contributed by atoms with Crippen molar-refractivity contribution in [2.75, 3.05) is 18.4 Å². The first-order valence-corrected chi connectivity index (χ1v) is 5.53. The lowest BCUT2D eigenvalue weighted by Crippen LogP contribution is -2.07. The zero-order valence-electron chi connectivity index (χ0n) is 9.48. The third kappa shape index (κ3) is 2.14. The lowest BCUT2D eigenvalue weighted by Gasteiger charge is -2.05. The number of anilines is 1. The Bertz CT molecular complexity index is 462. The van der Waals surface area contributed by atoms with Crippen LogP contribution in [0.5, 0.6) is 0 Å². The van der Waals surface area contributed by atoms with Crippen LogP contribution in [0.1, 0.15) is 12.8 Å². The SMILES string of the molecule is Cn1cnc2c(NCCCCN)nccc21. The summed E-state index contributed by atoms with van der Waals surface area (Å²) in [6.45, 7) is 1.63. The molecule has 0 fully saturated rings. The highest BCUT2D eigenvalue weighted by Crippen LogP contribution is 2.18. The lowest BCUT2D eigenvalue weighted by atomic mass is 10.3. The van der Waals surface area contributed by atoms with Crippen molar-refractivity contribution in [2.45, 2.75) is 12.8 Å². The van der Waals surface area contributed by atoms with Gasteiger partial charge < -0.3 is 15.6 Å². The number of nitrogens with two attached hydrogens (primary N) is 1. The average molecular weight is 219 g/mol. The van der Waals surface area contributed by atoms with E-state index in [1.54, 1.807) is 12.5 Å². The molecule has 0 aliphatic carbocycles. The van der Waals surface area contributed by atoms with E-state index in [-0.39, 0.29) is 0 Å². The van der Waals surface area contributed by atoms with E-state index in [4.69, 9.17) is 5.73 Å². The van der Waals surface area contributed by atoms with E-state index in [0.29, 0.717) is 0 Å². The number of pyridine rings is 1. The molecule has 0 amide bonds.